The molecule has 4 heteroatoms. The second-order valence-corrected chi connectivity index (χ2v) is 6.91. The fraction of sp³-hybridized carbons (Fsp3) is 0.632. The van der Waals surface area contributed by atoms with Gasteiger partial charge in [0.15, 0.2) is 0 Å². The smallest absolute Gasteiger partial charge is 0.251 e. The zero-order valence-corrected chi connectivity index (χ0v) is 15.5. The number of carbonyl (C=O) groups excluding carboxylic acids is 1. The molecule has 4 N–H and O–H groups in total. The van der Waals surface area contributed by atoms with Gasteiger partial charge in [0, 0.05) is 29.4 Å². The summed E-state index contributed by atoms with van der Waals surface area (Å²) in [5.41, 5.74) is 8.64. The van der Waals surface area contributed by atoms with Crippen molar-refractivity contribution in [3.63, 3.8) is 0 Å². The molecule has 1 rings (SSSR count). The standard InChI is InChI=1S/C19H33N3O/c1-7-19(20,8-2)12-21-18(23)16-10-9-11-17(14(16)5)22-15(6)13(3)4/h9-11,13,15,22H,7-8,12,20H2,1-6H3,(H,21,23). The predicted molar refractivity (Wildman–Crippen MR) is 98.9 cm³/mol. The minimum Gasteiger partial charge on any atom is -0.382 e. The van der Waals surface area contributed by atoms with E-state index < -0.39 is 0 Å². The quantitative estimate of drug-likeness (QED) is 0.684. The normalized spacial score (nSPS) is 13.0. The van der Waals surface area contributed by atoms with E-state index in [0.717, 1.165) is 24.1 Å². The number of benzene rings is 1. The molecule has 0 bridgehead atoms. The van der Waals surface area contributed by atoms with Crippen LogP contribution in [0, 0.1) is 12.8 Å². The van der Waals surface area contributed by atoms with Gasteiger partial charge in [-0.1, -0.05) is 33.8 Å². The van der Waals surface area contributed by atoms with E-state index in [1.165, 1.54) is 0 Å². The summed E-state index contributed by atoms with van der Waals surface area (Å²) in [4.78, 5) is 12.5. The largest absolute Gasteiger partial charge is 0.382 e. The van der Waals surface area contributed by atoms with Gasteiger partial charge in [0.1, 0.15) is 0 Å². The van der Waals surface area contributed by atoms with Gasteiger partial charge >= 0.3 is 0 Å². The summed E-state index contributed by atoms with van der Waals surface area (Å²) in [5.74, 6) is 0.471. The van der Waals surface area contributed by atoms with Crippen LogP contribution in [0.4, 0.5) is 5.69 Å². The highest BCUT2D eigenvalue weighted by molar-refractivity contribution is 5.97. The lowest BCUT2D eigenvalue weighted by Crippen LogP contribution is -2.49. The molecule has 1 atom stereocenters. The fourth-order valence-electron chi connectivity index (χ4n) is 2.30. The lowest BCUT2D eigenvalue weighted by molar-refractivity contribution is 0.0941. The van der Waals surface area contributed by atoms with E-state index in [2.05, 4.69) is 45.3 Å². The first-order chi connectivity index (χ1) is 10.7. The third kappa shape index (κ3) is 5.24. The summed E-state index contributed by atoms with van der Waals surface area (Å²) < 4.78 is 0. The molecule has 0 aliphatic heterocycles. The molecule has 0 fully saturated rings. The van der Waals surface area contributed by atoms with Crippen LogP contribution in [0.2, 0.25) is 0 Å². The maximum absolute atomic E-state index is 12.5. The van der Waals surface area contributed by atoms with E-state index in [1.807, 2.05) is 25.1 Å². The lowest BCUT2D eigenvalue weighted by atomic mass is 9.94. The summed E-state index contributed by atoms with van der Waals surface area (Å²) in [7, 11) is 0. The van der Waals surface area contributed by atoms with Gasteiger partial charge in [0.25, 0.3) is 5.91 Å². The van der Waals surface area contributed by atoms with E-state index in [4.69, 9.17) is 5.73 Å². The Hall–Kier alpha value is -1.55. The summed E-state index contributed by atoms with van der Waals surface area (Å²) in [6, 6.07) is 6.17. The van der Waals surface area contributed by atoms with Gasteiger partial charge in [-0.15, -0.1) is 0 Å². The van der Waals surface area contributed by atoms with Crippen LogP contribution in [0.1, 0.15) is 63.4 Å². The molecule has 0 spiro atoms. The van der Waals surface area contributed by atoms with Crippen LogP contribution in [0.15, 0.2) is 18.2 Å². The molecule has 0 radical (unpaired) electrons. The van der Waals surface area contributed by atoms with Crippen molar-refractivity contribution in [2.45, 2.75) is 66.0 Å². The first-order valence-corrected chi connectivity index (χ1v) is 8.67. The zero-order chi connectivity index (χ0) is 17.6. The van der Waals surface area contributed by atoms with Gasteiger partial charge in [-0.05, 0) is 50.3 Å². The lowest BCUT2D eigenvalue weighted by Gasteiger charge is -2.27. The van der Waals surface area contributed by atoms with Crippen LogP contribution >= 0.6 is 0 Å². The van der Waals surface area contributed by atoms with Crippen LogP contribution in [-0.4, -0.2) is 24.0 Å². The minimum atomic E-state index is -0.328. The number of rotatable bonds is 8. The summed E-state index contributed by atoms with van der Waals surface area (Å²) >= 11 is 0. The highest BCUT2D eigenvalue weighted by Crippen LogP contribution is 2.21. The van der Waals surface area contributed by atoms with Crippen molar-refractivity contribution in [2.75, 3.05) is 11.9 Å². The van der Waals surface area contributed by atoms with Crippen molar-refractivity contribution in [3.05, 3.63) is 29.3 Å². The summed E-state index contributed by atoms with van der Waals surface area (Å²) in [6.45, 7) is 13.1. The Balaban J connectivity index is 2.86. The fourth-order valence-corrected chi connectivity index (χ4v) is 2.30. The van der Waals surface area contributed by atoms with Crippen molar-refractivity contribution in [3.8, 4) is 0 Å². The number of anilines is 1. The molecule has 4 nitrogen and oxygen atoms in total. The monoisotopic (exact) mass is 319 g/mol. The van der Waals surface area contributed by atoms with E-state index in [0.29, 0.717) is 24.1 Å². The third-order valence-electron chi connectivity index (χ3n) is 4.97. The van der Waals surface area contributed by atoms with Gasteiger partial charge in [-0.3, -0.25) is 4.79 Å². The van der Waals surface area contributed by atoms with Crippen molar-refractivity contribution in [1.29, 1.82) is 0 Å². The second kappa shape index (κ2) is 8.34. The third-order valence-corrected chi connectivity index (χ3v) is 4.97. The number of amides is 1. The number of carbonyl (C=O) groups is 1. The van der Waals surface area contributed by atoms with Crippen LogP contribution in [0.25, 0.3) is 0 Å². The van der Waals surface area contributed by atoms with E-state index in [9.17, 15) is 4.79 Å². The molecule has 0 saturated carbocycles. The molecule has 0 aliphatic carbocycles. The number of hydrogen-bond donors (Lipinski definition) is 3. The molecule has 1 aromatic rings. The number of hydrogen-bond acceptors (Lipinski definition) is 3. The molecular weight excluding hydrogens is 286 g/mol. The molecular formula is C19H33N3O. The molecule has 0 aromatic heterocycles. The Morgan fingerprint density at radius 1 is 1.22 bits per heavy atom. The van der Waals surface area contributed by atoms with Crippen LogP contribution in [-0.2, 0) is 0 Å². The van der Waals surface area contributed by atoms with Crippen LogP contribution in [0.3, 0.4) is 0 Å². The molecule has 23 heavy (non-hydrogen) atoms. The van der Waals surface area contributed by atoms with Gasteiger partial charge in [0.2, 0.25) is 0 Å². The van der Waals surface area contributed by atoms with Crippen molar-refractivity contribution < 1.29 is 4.79 Å². The Morgan fingerprint density at radius 3 is 2.35 bits per heavy atom. The maximum atomic E-state index is 12.5. The topological polar surface area (TPSA) is 67.1 Å². The van der Waals surface area contributed by atoms with Gasteiger partial charge in [-0.2, -0.15) is 0 Å². The highest BCUT2D eigenvalue weighted by Gasteiger charge is 2.22. The molecule has 0 aliphatic rings. The number of nitrogens with one attached hydrogen (secondary N) is 2. The van der Waals surface area contributed by atoms with Crippen LogP contribution < -0.4 is 16.4 Å². The Bertz CT molecular complexity index is 521. The predicted octanol–water partition coefficient (Wildman–Crippen LogP) is 3.70. The maximum Gasteiger partial charge on any atom is 0.251 e. The average Bonchev–Trinajstić information content (AvgIpc) is 2.54. The van der Waals surface area contributed by atoms with Gasteiger partial charge in [0.05, 0.1) is 0 Å². The molecule has 1 amide bonds. The van der Waals surface area contributed by atoms with Gasteiger partial charge < -0.3 is 16.4 Å². The van der Waals surface area contributed by atoms with Crippen molar-refractivity contribution in [1.82, 2.24) is 5.32 Å². The Kier molecular flexibility index (Phi) is 7.07. The Morgan fingerprint density at radius 2 is 1.83 bits per heavy atom. The summed E-state index contributed by atoms with van der Waals surface area (Å²) in [5, 5.41) is 6.49. The molecule has 0 heterocycles. The van der Waals surface area contributed by atoms with E-state index in [-0.39, 0.29) is 11.4 Å². The average molecular weight is 319 g/mol. The van der Waals surface area contributed by atoms with Crippen LogP contribution in [0.5, 0.6) is 0 Å². The van der Waals surface area contributed by atoms with E-state index >= 15 is 0 Å². The van der Waals surface area contributed by atoms with Gasteiger partial charge in [-0.25, -0.2) is 0 Å². The van der Waals surface area contributed by atoms with E-state index in [1.54, 1.807) is 0 Å². The molecule has 1 unspecified atom stereocenters. The first-order valence-electron chi connectivity index (χ1n) is 8.67. The van der Waals surface area contributed by atoms with Crippen molar-refractivity contribution >= 4 is 11.6 Å². The highest BCUT2D eigenvalue weighted by atomic mass is 16.1. The molecule has 130 valence electrons. The SMILES string of the molecule is CCC(N)(CC)CNC(=O)c1cccc(NC(C)C(C)C)c1C. The minimum absolute atomic E-state index is 0.0555. The Labute approximate surface area is 141 Å². The number of nitrogens with two attached hydrogens (primary N) is 1. The van der Waals surface area contributed by atoms with Crippen molar-refractivity contribution in [2.24, 2.45) is 11.7 Å². The zero-order valence-electron chi connectivity index (χ0n) is 15.5. The second-order valence-electron chi connectivity index (χ2n) is 6.91. The first kappa shape index (κ1) is 19.5. The molecule has 0 saturated heterocycles. The summed E-state index contributed by atoms with van der Waals surface area (Å²) in [6.07, 6.45) is 1.69. The molecule has 1 aromatic carbocycles.